The summed E-state index contributed by atoms with van der Waals surface area (Å²) in [6.45, 7) is 2.65. The van der Waals surface area contributed by atoms with Crippen LogP contribution in [0.3, 0.4) is 0 Å². The number of carbonyl (C=O) groups excluding carboxylic acids is 1. The highest BCUT2D eigenvalue weighted by molar-refractivity contribution is 5.86. The number of nitrogens with one attached hydrogen (secondary N) is 1. The molecule has 156 valence electrons. The molecule has 0 heterocycles. The number of rotatable bonds is 9. The topological polar surface area (TPSA) is 38.3 Å². The molecule has 1 aliphatic rings. The van der Waals surface area contributed by atoms with E-state index in [0.29, 0.717) is 18.9 Å². The molecule has 0 spiro atoms. The number of hydrogen-bond donors (Lipinski definition) is 1. The van der Waals surface area contributed by atoms with E-state index in [9.17, 15) is 9.18 Å². The SMILES string of the molecule is CCCC(=O)NC(c1ccc(F)cc1)[C@H](OCC1CC1)c1cccc2ccccc12. The Morgan fingerprint density at radius 1 is 1.07 bits per heavy atom. The summed E-state index contributed by atoms with van der Waals surface area (Å²) in [4.78, 5) is 12.6. The number of ether oxygens (including phenoxy) is 1. The Balaban J connectivity index is 1.77. The first-order chi connectivity index (χ1) is 14.7. The van der Waals surface area contributed by atoms with Crippen molar-refractivity contribution in [2.24, 2.45) is 5.92 Å². The van der Waals surface area contributed by atoms with E-state index in [2.05, 4.69) is 29.6 Å². The number of fused-ring (bicyclic) bond motifs is 1. The molecule has 1 N–H and O–H groups in total. The third-order valence-corrected chi connectivity index (χ3v) is 5.66. The minimum absolute atomic E-state index is 0.0212. The second-order valence-corrected chi connectivity index (χ2v) is 8.11. The number of benzene rings is 3. The third kappa shape index (κ3) is 4.88. The van der Waals surface area contributed by atoms with Crippen LogP contribution in [-0.4, -0.2) is 12.5 Å². The second kappa shape index (κ2) is 9.40. The van der Waals surface area contributed by atoms with E-state index in [-0.39, 0.29) is 17.8 Å². The van der Waals surface area contributed by atoms with Gasteiger partial charge in [-0.1, -0.05) is 61.5 Å². The van der Waals surface area contributed by atoms with E-state index in [0.717, 1.165) is 28.3 Å². The number of halogens is 1. The Bertz CT molecular complexity index is 992. The van der Waals surface area contributed by atoms with Crippen LogP contribution in [0.1, 0.15) is 55.9 Å². The Kier molecular flexibility index (Phi) is 6.44. The van der Waals surface area contributed by atoms with Crippen molar-refractivity contribution in [3.8, 4) is 0 Å². The summed E-state index contributed by atoms with van der Waals surface area (Å²) in [5, 5.41) is 5.42. The first-order valence-electron chi connectivity index (χ1n) is 10.8. The van der Waals surface area contributed by atoms with Gasteiger partial charge in [0.25, 0.3) is 0 Å². The molecule has 4 rings (SSSR count). The summed E-state index contributed by atoms with van der Waals surface area (Å²) < 4.78 is 20.1. The van der Waals surface area contributed by atoms with E-state index in [1.807, 2.05) is 25.1 Å². The van der Waals surface area contributed by atoms with E-state index >= 15 is 0 Å². The van der Waals surface area contributed by atoms with Crippen LogP contribution in [0.2, 0.25) is 0 Å². The average Bonchev–Trinajstić information content (AvgIpc) is 3.58. The molecule has 1 aliphatic carbocycles. The molecule has 0 aromatic heterocycles. The fourth-order valence-electron chi connectivity index (χ4n) is 3.86. The molecule has 30 heavy (non-hydrogen) atoms. The summed E-state index contributed by atoms with van der Waals surface area (Å²) in [6.07, 6.45) is 3.23. The zero-order valence-corrected chi connectivity index (χ0v) is 17.3. The Morgan fingerprint density at radius 3 is 2.53 bits per heavy atom. The van der Waals surface area contributed by atoms with Crippen LogP contribution in [0.5, 0.6) is 0 Å². The molecule has 1 amide bonds. The van der Waals surface area contributed by atoms with Gasteiger partial charge in [0.05, 0.1) is 12.6 Å². The molecule has 4 heteroatoms. The minimum atomic E-state index is -0.394. The zero-order chi connectivity index (χ0) is 20.9. The first-order valence-corrected chi connectivity index (χ1v) is 10.8. The van der Waals surface area contributed by atoms with Gasteiger partial charge in [0.15, 0.2) is 0 Å². The monoisotopic (exact) mass is 405 g/mol. The van der Waals surface area contributed by atoms with Crippen LogP contribution < -0.4 is 5.32 Å². The van der Waals surface area contributed by atoms with Gasteiger partial charge in [-0.2, -0.15) is 0 Å². The molecule has 1 fully saturated rings. The molecule has 0 saturated heterocycles. The lowest BCUT2D eigenvalue weighted by Crippen LogP contribution is -2.34. The normalized spacial score (nSPS) is 15.7. The lowest BCUT2D eigenvalue weighted by Gasteiger charge is -2.30. The van der Waals surface area contributed by atoms with Gasteiger partial charge in [0.1, 0.15) is 11.9 Å². The van der Waals surface area contributed by atoms with Crippen molar-refractivity contribution >= 4 is 16.7 Å². The minimum Gasteiger partial charge on any atom is -0.371 e. The molecule has 1 unspecified atom stereocenters. The van der Waals surface area contributed by atoms with E-state index in [1.165, 1.54) is 25.0 Å². The fourth-order valence-corrected chi connectivity index (χ4v) is 3.86. The largest absolute Gasteiger partial charge is 0.371 e. The van der Waals surface area contributed by atoms with Crippen molar-refractivity contribution < 1.29 is 13.9 Å². The number of hydrogen-bond acceptors (Lipinski definition) is 2. The predicted octanol–water partition coefficient (Wildman–Crippen LogP) is 6.10. The first kappa shape index (κ1) is 20.5. The molecular formula is C26H28FNO2. The van der Waals surface area contributed by atoms with Gasteiger partial charge in [0, 0.05) is 6.42 Å². The second-order valence-electron chi connectivity index (χ2n) is 8.11. The van der Waals surface area contributed by atoms with Gasteiger partial charge in [-0.15, -0.1) is 0 Å². The van der Waals surface area contributed by atoms with Crippen LogP contribution in [0, 0.1) is 11.7 Å². The molecule has 3 aromatic rings. The quantitative estimate of drug-likeness (QED) is 0.467. The van der Waals surface area contributed by atoms with Crippen molar-refractivity contribution in [2.45, 2.75) is 44.8 Å². The molecule has 0 radical (unpaired) electrons. The standard InChI is InChI=1S/C26H28FNO2/c1-2-6-24(29)28-25(20-13-15-21(27)16-14-20)26(30-17-18-11-12-18)23-10-5-8-19-7-3-4-9-22(19)23/h3-5,7-10,13-16,18,25-26H,2,6,11-12,17H2,1H3,(H,28,29)/t25?,26-/m1/s1. The molecule has 3 aromatic carbocycles. The molecule has 3 nitrogen and oxygen atoms in total. The molecular weight excluding hydrogens is 377 g/mol. The molecule has 0 bridgehead atoms. The lowest BCUT2D eigenvalue weighted by molar-refractivity contribution is -0.123. The van der Waals surface area contributed by atoms with E-state index < -0.39 is 6.04 Å². The summed E-state index contributed by atoms with van der Waals surface area (Å²) in [5.41, 5.74) is 1.88. The number of amides is 1. The zero-order valence-electron chi connectivity index (χ0n) is 17.3. The van der Waals surface area contributed by atoms with Gasteiger partial charge < -0.3 is 10.1 Å². The summed E-state index contributed by atoms with van der Waals surface area (Å²) in [5.74, 6) is 0.271. The highest BCUT2D eigenvalue weighted by Gasteiger charge is 2.31. The van der Waals surface area contributed by atoms with Crippen LogP contribution in [0.25, 0.3) is 10.8 Å². The third-order valence-electron chi connectivity index (χ3n) is 5.66. The van der Waals surface area contributed by atoms with Crippen LogP contribution >= 0.6 is 0 Å². The maximum atomic E-state index is 13.6. The summed E-state index contributed by atoms with van der Waals surface area (Å²) in [7, 11) is 0. The van der Waals surface area contributed by atoms with Gasteiger partial charge in [-0.25, -0.2) is 4.39 Å². The van der Waals surface area contributed by atoms with Gasteiger partial charge in [-0.05, 0) is 59.2 Å². The molecule has 2 atom stereocenters. The van der Waals surface area contributed by atoms with Crippen molar-refractivity contribution in [2.75, 3.05) is 6.61 Å². The molecule has 1 saturated carbocycles. The van der Waals surface area contributed by atoms with Gasteiger partial charge in [0.2, 0.25) is 5.91 Å². The van der Waals surface area contributed by atoms with Crippen molar-refractivity contribution in [1.29, 1.82) is 0 Å². The molecule has 0 aliphatic heterocycles. The van der Waals surface area contributed by atoms with Gasteiger partial charge >= 0.3 is 0 Å². The van der Waals surface area contributed by atoms with Crippen molar-refractivity contribution in [3.05, 3.63) is 83.7 Å². The average molecular weight is 406 g/mol. The fraction of sp³-hybridized carbons (Fsp3) is 0.346. The maximum Gasteiger partial charge on any atom is 0.220 e. The lowest BCUT2D eigenvalue weighted by atomic mass is 9.91. The van der Waals surface area contributed by atoms with Crippen molar-refractivity contribution in [3.63, 3.8) is 0 Å². The smallest absolute Gasteiger partial charge is 0.220 e. The van der Waals surface area contributed by atoms with Crippen LogP contribution in [0.4, 0.5) is 4.39 Å². The highest BCUT2D eigenvalue weighted by Crippen LogP contribution is 2.39. The van der Waals surface area contributed by atoms with E-state index in [1.54, 1.807) is 12.1 Å². The van der Waals surface area contributed by atoms with Crippen LogP contribution in [0.15, 0.2) is 66.7 Å². The highest BCUT2D eigenvalue weighted by atomic mass is 19.1. The van der Waals surface area contributed by atoms with E-state index in [4.69, 9.17) is 4.74 Å². The number of carbonyl (C=O) groups is 1. The van der Waals surface area contributed by atoms with Crippen molar-refractivity contribution in [1.82, 2.24) is 5.32 Å². The van der Waals surface area contributed by atoms with Crippen LogP contribution in [-0.2, 0) is 9.53 Å². The Labute approximate surface area is 177 Å². The maximum absolute atomic E-state index is 13.6. The summed E-state index contributed by atoms with van der Waals surface area (Å²) >= 11 is 0. The Hall–Kier alpha value is -2.72. The van der Waals surface area contributed by atoms with Gasteiger partial charge in [-0.3, -0.25) is 4.79 Å². The predicted molar refractivity (Wildman–Crippen MR) is 118 cm³/mol. The Morgan fingerprint density at radius 2 is 1.80 bits per heavy atom. The summed E-state index contributed by atoms with van der Waals surface area (Å²) in [6, 6.07) is 20.4.